The Morgan fingerprint density at radius 3 is 2.85 bits per heavy atom. The summed E-state index contributed by atoms with van der Waals surface area (Å²) in [5.74, 6) is 1.22. The van der Waals surface area contributed by atoms with Crippen LogP contribution in [-0.4, -0.2) is 35.5 Å². The Morgan fingerprint density at radius 1 is 1.31 bits per heavy atom. The zero-order valence-electron chi connectivity index (χ0n) is 15.7. The van der Waals surface area contributed by atoms with Gasteiger partial charge in [0.15, 0.2) is 5.78 Å². The minimum atomic E-state index is -0.0178. The molecule has 2 heterocycles. The summed E-state index contributed by atoms with van der Waals surface area (Å²) in [6.07, 6.45) is 1.40. The fourth-order valence-electron chi connectivity index (χ4n) is 3.41. The summed E-state index contributed by atoms with van der Waals surface area (Å²) in [6.45, 7) is 7.93. The standard InChI is InChI=1S/C20H26N4O2/c1-4-18(25)15-7-6-13(2)16(11-15)17-12-26-9-5-8-24(17)19-10-14(3)22-20(21)23-19/h6-7,10-11,17H,4-5,8-9,12H2,1-3H3,(H2,21,22,23)/t17-/m1/s1. The molecule has 1 fully saturated rings. The van der Waals surface area contributed by atoms with E-state index in [0.29, 0.717) is 19.6 Å². The molecule has 1 atom stereocenters. The second-order valence-corrected chi connectivity index (χ2v) is 6.71. The number of nitrogens with zero attached hydrogens (tertiary/aromatic N) is 3. The molecule has 6 heteroatoms. The van der Waals surface area contributed by atoms with Gasteiger partial charge in [0.1, 0.15) is 5.82 Å². The summed E-state index contributed by atoms with van der Waals surface area (Å²) in [6, 6.07) is 7.85. The zero-order chi connectivity index (χ0) is 18.7. The number of nitrogen functional groups attached to an aromatic ring is 1. The van der Waals surface area contributed by atoms with Crippen LogP contribution in [0, 0.1) is 13.8 Å². The molecule has 1 saturated heterocycles. The van der Waals surface area contributed by atoms with E-state index in [2.05, 4.69) is 21.8 Å². The highest BCUT2D eigenvalue weighted by molar-refractivity contribution is 5.96. The Labute approximate surface area is 154 Å². The Balaban J connectivity index is 2.06. The van der Waals surface area contributed by atoms with Crippen molar-refractivity contribution >= 4 is 17.5 Å². The lowest BCUT2D eigenvalue weighted by atomic mass is 9.95. The van der Waals surface area contributed by atoms with Crippen molar-refractivity contribution in [2.24, 2.45) is 0 Å². The van der Waals surface area contributed by atoms with E-state index in [9.17, 15) is 4.79 Å². The fraction of sp³-hybridized carbons (Fsp3) is 0.450. The van der Waals surface area contributed by atoms with Crippen LogP contribution < -0.4 is 10.6 Å². The number of ether oxygens (including phenoxy) is 1. The Bertz CT molecular complexity index is 786. The lowest BCUT2D eigenvalue weighted by Gasteiger charge is -2.32. The topological polar surface area (TPSA) is 81.3 Å². The number of aromatic nitrogens is 2. The minimum Gasteiger partial charge on any atom is -0.379 e. The summed E-state index contributed by atoms with van der Waals surface area (Å²) in [7, 11) is 0. The molecule has 0 saturated carbocycles. The summed E-state index contributed by atoms with van der Waals surface area (Å²) in [5, 5.41) is 0. The number of carbonyl (C=O) groups is 1. The summed E-state index contributed by atoms with van der Waals surface area (Å²) >= 11 is 0. The van der Waals surface area contributed by atoms with E-state index in [-0.39, 0.29) is 17.8 Å². The number of aryl methyl sites for hydroxylation is 2. The van der Waals surface area contributed by atoms with Crippen molar-refractivity contribution in [2.75, 3.05) is 30.4 Å². The molecule has 6 nitrogen and oxygen atoms in total. The number of carbonyl (C=O) groups excluding carboxylic acids is 1. The van der Waals surface area contributed by atoms with Crippen LogP contribution in [0.5, 0.6) is 0 Å². The van der Waals surface area contributed by atoms with E-state index in [1.165, 1.54) is 0 Å². The lowest BCUT2D eigenvalue weighted by molar-refractivity contribution is 0.0987. The van der Waals surface area contributed by atoms with Crippen molar-refractivity contribution in [1.82, 2.24) is 9.97 Å². The average molecular weight is 354 g/mol. The molecule has 0 radical (unpaired) electrons. The van der Waals surface area contributed by atoms with Crippen LogP contribution in [0.3, 0.4) is 0 Å². The average Bonchev–Trinajstić information content (AvgIpc) is 2.86. The summed E-state index contributed by atoms with van der Waals surface area (Å²) in [4.78, 5) is 23.0. The number of rotatable bonds is 4. The molecule has 0 spiro atoms. The number of Topliss-reactive ketones (excluding diaryl/α,β-unsaturated/α-hetero) is 1. The lowest BCUT2D eigenvalue weighted by Crippen LogP contribution is -2.32. The molecule has 1 aliphatic rings. The third-order valence-electron chi connectivity index (χ3n) is 4.77. The second-order valence-electron chi connectivity index (χ2n) is 6.71. The Hall–Kier alpha value is -2.47. The van der Waals surface area contributed by atoms with Crippen molar-refractivity contribution < 1.29 is 9.53 Å². The van der Waals surface area contributed by atoms with Gasteiger partial charge in [-0.3, -0.25) is 4.79 Å². The van der Waals surface area contributed by atoms with Gasteiger partial charge in [0.25, 0.3) is 0 Å². The van der Waals surface area contributed by atoms with Gasteiger partial charge in [0.05, 0.1) is 12.6 Å². The molecular formula is C20H26N4O2. The predicted octanol–water partition coefficient (Wildman–Crippen LogP) is 3.24. The molecular weight excluding hydrogens is 328 g/mol. The van der Waals surface area contributed by atoms with Gasteiger partial charge in [-0.1, -0.05) is 19.1 Å². The van der Waals surface area contributed by atoms with Crippen LogP contribution >= 0.6 is 0 Å². The predicted molar refractivity (Wildman–Crippen MR) is 103 cm³/mol. The van der Waals surface area contributed by atoms with Gasteiger partial charge < -0.3 is 15.4 Å². The first kappa shape index (κ1) is 18.3. The fourth-order valence-corrected chi connectivity index (χ4v) is 3.41. The molecule has 0 unspecified atom stereocenters. The molecule has 2 N–H and O–H groups in total. The number of nitrogens with two attached hydrogens (primary N) is 1. The number of hydrogen-bond donors (Lipinski definition) is 1. The van der Waals surface area contributed by atoms with Gasteiger partial charge in [-0.2, -0.15) is 4.98 Å². The Morgan fingerprint density at radius 2 is 2.12 bits per heavy atom. The first-order valence-corrected chi connectivity index (χ1v) is 9.09. The van der Waals surface area contributed by atoms with E-state index < -0.39 is 0 Å². The smallest absolute Gasteiger partial charge is 0.222 e. The van der Waals surface area contributed by atoms with E-state index in [0.717, 1.165) is 41.2 Å². The number of hydrogen-bond acceptors (Lipinski definition) is 6. The van der Waals surface area contributed by atoms with Gasteiger partial charge in [-0.05, 0) is 37.5 Å². The van der Waals surface area contributed by atoms with Gasteiger partial charge >= 0.3 is 0 Å². The van der Waals surface area contributed by atoms with Crippen molar-refractivity contribution in [3.8, 4) is 0 Å². The van der Waals surface area contributed by atoms with Crippen LogP contribution in [-0.2, 0) is 4.74 Å². The number of anilines is 2. The first-order valence-electron chi connectivity index (χ1n) is 9.09. The molecule has 26 heavy (non-hydrogen) atoms. The molecule has 1 aromatic carbocycles. The number of benzene rings is 1. The Kier molecular flexibility index (Phi) is 5.52. The highest BCUT2D eigenvalue weighted by Crippen LogP contribution is 2.31. The zero-order valence-corrected chi connectivity index (χ0v) is 15.7. The molecule has 0 amide bonds. The highest BCUT2D eigenvalue weighted by Gasteiger charge is 2.27. The third-order valence-corrected chi connectivity index (χ3v) is 4.77. The molecule has 1 aliphatic heterocycles. The molecule has 2 aromatic rings. The number of ketones is 1. The van der Waals surface area contributed by atoms with Gasteiger partial charge in [0, 0.05) is 36.9 Å². The molecule has 3 rings (SSSR count). The third kappa shape index (κ3) is 3.85. The summed E-state index contributed by atoms with van der Waals surface area (Å²) < 4.78 is 5.85. The van der Waals surface area contributed by atoms with Gasteiger partial charge in [-0.25, -0.2) is 4.98 Å². The van der Waals surface area contributed by atoms with Crippen LogP contribution in [0.15, 0.2) is 24.3 Å². The van der Waals surface area contributed by atoms with Gasteiger partial charge in [0.2, 0.25) is 5.95 Å². The highest BCUT2D eigenvalue weighted by atomic mass is 16.5. The van der Waals surface area contributed by atoms with Crippen LogP contribution in [0.25, 0.3) is 0 Å². The normalized spacial score (nSPS) is 17.8. The summed E-state index contributed by atoms with van der Waals surface area (Å²) in [5.41, 5.74) is 9.69. The molecule has 1 aromatic heterocycles. The molecule has 0 aliphatic carbocycles. The van der Waals surface area contributed by atoms with E-state index in [1.807, 2.05) is 38.1 Å². The first-order chi connectivity index (χ1) is 12.5. The van der Waals surface area contributed by atoms with Crippen molar-refractivity contribution in [3.05, 3.63) is 46.6 Å². The van der Waals surface area contributed by atoms with E-state index in [1.54, 1.807) is 0 Å². The van der Waals surface area contributed by atoms with Gasteiger partial charge in [-0.15, -0.1) is 0 Å². The monoisotopic (exact) mass is 354 g/mol. The van der Waals surface area contributed by atoms with Crippen LogP contribution in [0.2, 0.25) is 0 Å². The van der Waals surface area contributed by atoms with Crippen LogP contribution in [0.1, 0.15) is 53.0 Å². The maximum absolute atomic E-state index is 12.2. The van der Waals surface area contributed by atoms with Crippen molar-refractivity contribution in [1.29, 1.82) is 0 Å². The minimum absolute atomic E-state index is 0.0178. The SMILES string of the molecule is CCC(=O)c1ccc(C)c([C@H]2COCCCN2c2cc(C)nc(N)n2)c1. The van der Waals surface area contributed by atoms with E-state index >= 15 is 0 Å². The van der Waals surface area contributed by atoms with Crippen LogP contribution in [0.4, 0.5) is 11.8 Å². The maximum atomic E-state index is 12.2. The largest absolute Gasteiger partial charge is 0.379 e. The second kappa shape index (κ2) is 7.83. The van der Waals surface area contributed by atoms with Crippen molar-refractivity contribution in [3.63, 3.8) is 0 Å². The quantitative estimate of drug-likeness (QED) is 0.849. The molecule has 138 valence electrons. The molecule has 0 bridgehead atoms. The maximum Gasteiger partial charge on any atom is 0.222 e. The van der Waals surface area contributed by atoms with E-state index in [4.69, 9.17) is 10.5 Å². The van der Waals surface area contributed by atoms with Crippen molar-refractivity contribution in [2.45, 2.75) is 39.7 Å².